The number of nitrogens with one attached hydrogen (secondary N) is 1. The van der Waals surface area contributed by atoms with E-state index in [0.29, 0.717) is 6.54 Å². The Balaban J connectivity index is 0.000000758. The third-order valence-electron chi connectivity index (χ3n) is 5.22. The van der Waals surface area contributed by atoms with E-state index in [4.69, 9.17) is 9.90 Å². The van der Waals surface area contributed by atoms with Gasteiger partial charge in [-0.15, -0.1) is 0 Å². The van der Waals surface area contributed by atoms with Gasteiger partial charge < -0.3 is 15.3 Å². The molecular weight excluding hydrogens is 330 g/mol. The monoisotopic (exact) mass is 361 g/mol. The van der Waals surface area contributed by atoms with Gasteiger partial charge in [0.15, 0.2) is 0 Å². The number of benzene rings is 1. The zero-order chi connectivity index (χ0) is 18.8. The molecule has 1 aliphatic carbocycles. The van der Waals surface area contributed by atoms with E-state index in [9.17, 15) is 4.79 Å². The Bertz CT molecular complexity index is 556. The molecule has 1 saturated heterocycles. The summed E-state index contributed by atoms with van der Waals surface area (Å²) in [4.78, 5) is 25.4. The van der Waals surface area contributed by atoms with E-state index in [2.05, 4.69) is 41.4 Å². The summed E-state index contributed by atoms with van der Waals surface area (Å²) in [6, 6.07) is 9.20. The highest BCUT2D eigenvalue weighted by Crippen LogP contribution is 2.24. The van der Waals surface area contributed by atoms with Gasteiger partial charge >= 0.3 is 6.03 Å². The second-order valence-corrected chi connectivity index (χ2v) is 7.06. The van der Waals surface area contributed by atoms with E-state index in [0.717, 1.165) is 44.2 Å². The maximum Gasteiger partial charge on any atom is 0.317 e. The maximum atomic E-state index is 12.4. The largest absolute Gasteiger partial charge is 0.483 e. The molecule has 6 heteroatoms. The van der Waals surface area contributed by atoms with Gasteiger partial charge in [0, 0.05) is 38.8 Å². The molecule has 1 aliphatic heterocycles. The lowest BCUT2D eigenvalue weighted by Gasteiger charge is -2.27. The molecule has 3 rings (SSSR count). The average molecular weight is 361 g/mol. The van der Waals surface area contributed by atoms with Crippen LogP contribution in [0.15, 0.2) is 24.3 Å². The molecule has 2 amide bonds. The summed E-state index contributed by atoms with van der Waals surface area (Å²) < 4.78 is 0. The number of amides is 2. The fraction of sp³-hybridized carbons (Fsp3) is 0.600. The number of carbonyl (C=O) groups is 2. The Morgan fingerprint density at radius 3 is 2.42 bits per heavy atom. The summed E-state index contributed by atoms with van der Waals surface area (Å²) in [5.41, 5.74) is 2.41. The topological polar surface area (TPSA) is 72.9 Å². The van der Waals surface area contributed by atoms with Crippen molar-refractivity contribution in [3.63, 3.8) is 0 Å². The quantitative estimate of drug-likeness (QED) is 0.812. The number of urea groups is 1. The van der Waals surface area contributed by atoms with Crippen molar-refractivity contribution in [2.45, 2.75) is 51.6 Å². The molecule has 0 bridgehead atoms. The van der Waals surface area contributed by atoms with E-state index in [1.54, 1.807) is 0 Å². The molecule has 6 nitrogen and oxygen atoms in total. The number of nitrogens with zero attached hydrogens (tertiary/aromatic N) is 2. The SMILES string of the molecule is Cc1ccc(CNC(=O)N2CCCN(C3CCCC3)CC2)cc1.O=CO. The van der Waals surface area contributed by atoms with Crippen LogP contribution in [0.1, 0.15) is 43.2 Å². The van der Waals surface area contributed by atoms with Crippen LogP contribution in [-0.4, -0.2) is 59.6 Å². The van der Waals surface area contributed by atoms with Crippen molar-refractivity contribution >= 4 is 12.5 Å². The number of hydrogen-bond donors (Lipinski definition) is 2. The highest BCUT2D eigenvalue weighted by molar-refractivity contribution is 5.74. The lowest BCUT2D eigenvalue weighted by atomic mass is 10.1. The maximum absolute atomic E-state index is 12.4. The average Bonchev–Trinajstić information content (AvgIpc) is 3.06. The van der Waals surface area contributed by atoms with Gasteiger partial charge in [0.25, 0.3) is 6.47 Å². The third-order valence-corrected chi connectivity index (χ3v) is 5.22. The van der Waals surface area contributed by atoms with Crippen LogP contribution in [0, 0.1) is 6.92 Å². The summed E-state index contributed by atoms with van der Waals surface area (Å²) >= 11 is 0. The number of aryl methyl sites for hydroxylation is 1. The molecule has 0 unspecified atom stereocenters. The number of carboxylic acid groups (broad SMARTS) is 1. The molecular formula is C20H31N3O3. The van der Waals surface area contributed by atoms with Gasteiger partial charge in [-0.05, 0) is 31.7 Å². The van der Waals surface area contributed by atoms with Crippen molar-refractivity contribution in [1.82, 2.24) is 15.1 Å². The summed E-state index contributed by atoms with van der Waals surface area (Å²) in [5, 5.41) is 9.96. The van der Waals surface area contributed by atoms with Gasteiger partial charge in [0.2, 0.25) is 0 Å². The van der Waals surface area contributed by atoms with E-state index >= 15 is 0 Å². The molecule has 1 heterocycles. The minimum Gasteiger partial charge on any atom is -0.483 e. The van der Waals surface area contributed by atoms with E-state index < -0.39 is 0 Å². The van der Waals surface area contributed by atoms with Crippen molar-refractivity contribution in [3.8, 4) is 0 Å². The first kappa shape index (κ1) is 20.2. The highest BCUT2D eigenvalue weighted by atomic mass is 16.3. The highest BCUT2D eigenvalue weighted by Gasteiger charge is 2.25. The summed E-state index contributed by atoms with van der Waals surface area (Å²) in [7, 11) is 0. The van der Waals surface area contributed by atoms with E-state index in [1.807, 2.05) is 4.90 Å². The van der Waals surface area contributed by atoms with E-state index in [1.165, 1.54) is 31.2 Å². The standard InChI is InChI=1S/C19H29N3O.CH2O2/c1-16-7-9-17(10-8-16)15-20-19(23)22-12-4-11-21(13-14-22)18-5-2-3-6-18;2-1-3/h7-10,18H,2-6,11-15H2,1H3,(H,20,23);1H,(H,2,3). The first-order chi connectivity index (χ1) is 12.6. The fourth-order valence-electron chi connectivity index (χ4n) is 3.77. The fourth-order valence-corrected chi connectivity index (χ4v) is 3.77. The minimum atomic E-state index is -0.250. The smallest absolute Gasteiger partial charge is 0.317 e. The number of hydrogen-bond acceptors (Lipinski definition) is 3. The Kier molecular flexibility index (Phi) is 8.41. The summed E-state index contributed by atoms with van der Waals surface area (Å²) in [6.07, 6.45) is 6.54. The van der Waals surface area contributed by atoms with Crippen LogP contribution < -0.4 is 5.32 Å². The van der Waals surface area contributed by atoms with Crippen LogP contribution in [0.2, 0.25) is 0 Å². The van der Waals surface area contributed by atoms with Gasteiger partial charge in [-0.2, -0.15) is 0 Å². The van der Waals surface area contributed by atoms with Crippen LogP contribution in [-0.2, 0) is 11.3 Å². The Morgan fingerprint density at radius 1 is 1.12 bits per heavy atom. The van der Waals surface area contributed by atoms with Gasteiger partial charge in [-0.25, -0.2) is 4.79 Å². The molecule has 1 aromatic carbocycles. The molecule has 2 fully saturated rings. The van der Waals surface area contributed by atoms with Crippen LogP contribution in [0.5, 0.6) is 0 Å². The van der Waals surface area contributed by atoms with Gasteiger partial charge in [0.1, 0.15) is 0 Å². The molecule has 144 valence electrons. The normalized spacial score (nSPS) is 18.6. The Hall–Kier alpha value is -2.08. The van der Waals surface area contributed by atoms with E-state index in [-0.39, 0.29) is 12.5 Å². The Morgan fingerprint density at radius 2 is 1.77 bits per heavy atom. The molecule has 1 saturated carbocycles. The third kappa shape index (κ3) is 6.33. The predicted octanol–water partition coefficient (Wildman–Crippen LogP) is 2.86. The van der Waals surface area contributed by atoms with Crippen molar-refractivity contribution in [2.24, 2.45) is 0 Å². The molecule has 0 radical (unpaired) electrons. The molecule has 26 heavy (non-hydrogen) atoms. The second kappa shape index (κ2) is 10.8. The first-order valence-corrected chi connectivity index (χ1v) is 9.54. The summed E-state index contributed by atoms with van der Waals surface area (Å²) in [6.45, 7) is 6.35. The zero-order valence-corrected chi connectivity index (χ0v) is 15.7. The van der Waals surface area contributed by atoms with Crippen LogP contribution >= 0.6 is 0 Å². The summed E-state index contributed by atoms with van der Waals surface area (Å²) in [5.74, 6) is 0. The lowest BCUT2D eigenvalue weighted by Crippen LogP contribution is -2.42. The van der Waals surface area contributed by atoms with Gasteiger partial charge in [-0.3, -0.25) is 9.69 Å². The second-order valence-electron chi connectivity index (χ2n) is 7.06. The molecule has 2 aliphatic rings. The number of carbonyl (C=O) groups excluding carboxylic acids is 1. The van der Waals surface area contributed by atoms with Crippen molar-refractivity contribution < 1.29 is 14.7 Å². The van der Waals surface area contributed by atoms with Gasteiger partial charge in [0.05, 0.1) is 0 Å². The van der Waals surface area contributed by atoms with Crippen LogP contribution in [0.3, 0.4) is 0 Å². The van der Waals surface area contributed by atoms with Crippen molar-refractivity contribution in [3.05, 3.63) is 35.4 Å². The minimum absolute atomic E-state index is 0.0823. The van der Waals surface area contributed by atoms with Crippen LogP contribution in [0.4, 0.5) is 4.79 Å². The zero-order valence-electron chi connectivity index (χ0n) is 15.7. The molecule has 0 spiro atoms. The molecule has 1 aromatic rings. The van der Waals surface area contributed by atoms with Crippen molar-refractivity contribution in [1.29, 1.82) is 0 Å². The molecule has 0 aromatic heterocycles. The molecule has 2 N–H and O–H groups in total. The van der Waals surface area contributed by atoms with Crippen molar-refractivity contribution in [2.75, 3.05) is 26.2 Å². The lowest BCUT2D eigenvalue weighted by molar-refractivity contribution is -0.122. The van der Waals surface area contributed by atoms with Crippen LogP contribution in [0.25, 0.3) is 0 Å². The first-order valence-electron chi connectivity index (χ1n) is 9.54. The number of rotatable bonds is 3. The molecule has 0 atom stereocenters. The van der Waals surface area contributed by atoms with Gasteiger partial charge in [-0.1, -0.05) is 42.7 Å². The Labute approximate surface area is 156 Å². The predicted molar refractivity (Wildman–Crippen MR) is 102 cm³/mol.